The van der Waals surface area contributed by atoms with Crippen LogP contribution in [0.1, 0.15) is 50.4 Å². The molecule has 9 nitrogen and oxygen atoms in total. The molecule has 2 aliphatic heterocycles. The lowest BCUT2D eigenvalue weighted by Gasteiger charge is -2.31. The third kappa shape index (κ3) is 5.24. The predicted octanol–water partition coefficient (Wildman–Crippen LogP) is 4.70. The fourth-order valence-corrected chi connectivity index (χ4v) is 5.92. The Morgan fingerprint density at radius 3 is 2.59 bits per heavy atom. The van der Waals surface area contributed by atoms with E-state index in [1.165, 1.54) is 11.3 Å². The molecule has 2 aromatic heterocycles. The highest BCUT2D eigenvalue weighted by molar-refractivity contribution is 7.09. The summed E-state index contributed by atoms with van der Waals surface area (Å²) in [5.41, 5.74) is 2.35. The van der Waals surface area contributed by atoms with Crippen LogP contribution in [0.4, 0.5) is 0 Å². The molecule has 0 spiro atoms. The smallest absolute Gasteiger partial charge is 0.270 e. The van der Waals surface area contributed by atoms with Crippen LogP contribution in [-0.2, 0) is 0 Å². The number of amides is 2. The maximum absolute atomic E-state index is 13.4. The van der Waals surface area contributed by atoms with Gasteiger partial charge in [0.15, 0.2) is 11.5 Å². The lowest BCUT2D eigenvalue weighted by atomic mass is 9.96. The number of rotatable bonds is 6. The molecule has 1 unspecified atom stereocenters. The molecule has 1 N–H and O–H groups in total. The summed E-state index contributed by atoms with van der Waals surface area (Å²) in [5, 5.41) is 9.78. The third-order valence-corrected chi connectivity index (χ3v) is 8.07. The van der Waals surface area contributed by atoms with Crippen LogP contribution in [0.25, 0.3) is 11.3 Å². The van der Waals surface area contributed by atoms with E-state index in [4.69, 9.17) is 14.0 Å². The molecule has 0 radical (unpaired) electrons. The van der Waals surface area contributed by atoms with Crippen molar-refractivity contribution < 1.29 is 23.6 Å². The van der Waals surface area contributed by atoms with Gasteiger partial charge in [0.1, 0.15) is 35.4 Å². The molecule has 1 atom stereocenters. The van der Waals surface area contributed by atoms with Crippen LogP contribution in [0.2, 0.25) is 0 Å². The minimum Gasteiger partial charge on any atom is -0.486 e. The van der Waals surface area contributed by atoms with Gasteiger partial charge in [-0.25, -0.2) is 4.98 Å². The summed E-state index contributed by atoms with van der Waals surface area (Å²) < 4.78 is 17.0. The molecular weight excluding hydrogens is 516 g/mol. The number of nitrogens with one attached hydrogen (secondary N) is 1. The van der Waals surface area contributed by atoms with Crippen molar-refractivity contribution in [2.75, 3.05) is 26.2 Å². The minimum atomic E-state index is -0.264. The number of fused-ring (bicyclic) bond motifs is 1. The Morgan fingerprint density at radius 1 is 1.05 bits per heavy atom. The van der Waals surface area contributed by atoms with Crippen molar-refractivity contribution >= 4 is 23.2 Å². The fourth-order valence-electron chi connectivity index (χ4n) is 4.94. The number of aryl methyl sites for hydroxylation is 1. The quantitative estimate of drug-likeness (QED) is 0.375. The van der Waals surface area contributed by atoms with Crippen LogP contribution < -0.4 is 14.8 Å². The van der Waals surface area contributed by atoms with Crippen molar-refractivity contribution in [2.45, 2.75) is 31.8 Å². The van der Waals surface area contributed by atoms with Crippen molar-refractivity contribution in [3.63, 3.8) is 0 Å². The van der Waals surface area contributed by atoms with Gasteiger partial charge in [-0.3, -0.25) is 9.59 Å². The molecule has 1 saturated heterocycles. The van der Waals surface area contributed by atoms with Crippen molar-refractivity contribution in [3.8, 4) is 22.8 Å². The summed E-state index contributed by atoms with van der Waals surface area (Å²) in [6.07, 6.45) is 1.29. The molecule has 6 rings (SSSR count). The summed E-state index contributed by atoms with van der Waals surface area (Å²) in [5.74, 6) is 1.81. The van der Waals surface area contributed by atoms with E-state index < -0.39 is 0 Å². The zero-order chi connectivity index (χ0) is 26.8. The highest BCUT2D eigenvalue weighted by Gasteiger charge is 2.31. The molecule has 2 aliphatic rings. The highest BCUT2D eigenvalue weighted by atomic mass is 32.1. The summed E-state index contributed by atoms with van der Waals surface area (Å²) in [6.45, 7) is 3.67. The van der Waals surface area contributed by atoms with Crippen LogP contribution in [0.15, 0.2) is 64.5 Å². The Hall–Kier alpha value is -4.18. The fraction of sp³-hybridized carbons (Fsp3) is 0.310. The number of hydrogen-bond donors (Lipinski definition) is 1. The maximum atomic E-state index is 13.4. The molecule has 0 bridgehead atoms. The van der Waals surface area contributed by atoms with Gasteiger partial charge in [-0.05, 0) is 31.9 Å². The van der Waals surface area contributed by atoms with Crippen LogP contribution in [0, 0.1) is 6.92 Å². The summed E-state index contributed by atoms with van der Waals surface area (Å²) in [7, 11) is 0. The number of likely N-dealkylation sites (tertiary alicyclic amines) is 1. The van der Waals surface area contributed by atoms with Crippen LogP contribution in [0.3, 0.4) is 0 Å². The van der Waals surface area contributed by atoms with E-state index in [2.05, 4.69) is 15.5 Å². The van der Waals surface area contributed by atoms with Gasteiger partial charge < -0.3 is 24.2 Å². The first kappa shape index (κ1) is 25.1. The Bertz CT molecular complexity index is 1480. The van der Waals surface area contributed by atoms with Gasteiger partial charge >= 0.3 is 0 Å². The van der Waals surface area contributed by atoms with Crippen molar-refractivity contribution in [2.24, 2.45) is 0 Å². The second kappa shape index (κ2) is 10.9. The lowest BCUT2D eigenvalue weighted by Crippen LogP contribution is -2.40. The minimum absolute atomic E-state index is 0.0678. The summed E-state index contributed by atoms with van der Waals surface area (Å²) in [4.78, 5) is 32.7. The van der Waals surface area contributed by atoms with Gasteiger partial charge in [-0.1, -0.05) is 47.6 Å². The molecule has 1 fully saturated rings. The number of para-hydroxylation sites is 2. The first-order valence-corrected chi connectivity index (χ1v) is 13.9. The monoisotopic (exact) mass is 544 g/mol. The van der Waals surface area contributed by atoms with E-state index in [1.54, 1.807) is 12.3 Å². The number of benzene rings is 2. The van der Waals surface area contributed by atoms with Crippen molar-refractivity contribution in [1.82, 2.24) is 20.4 Å². The molecule has 4 heterocycles. The van der Waals surface area contributed by atoms with E-state index in [1.807, 2.05) is 59.5 Å². The molecule has 0 aliphatic carbocycles. The van der Waals surface area contributed by atoms with E-state index in [9.17, 15) is 9.59 Å². The molecular formula is C29H28N4O5S. The number of carbonyl (C=O) groups is 2. The van der Waals surface area contributed by atoms with Gasteiger partial charge in [0, 0.05) is 30.0 Å². The maximum Gasteiger partial charge on any atom is 0.270 e. The van der Waals surface area contributed by atoms with E-state index >= 15 is 0 Å². The van der Waals surface area contributed by atoms with E-state index in [0.717, 1.165) is 23.4 Å². The van der Waals surface area contributed by atoms with Gasteiger partial charge in [0.25, 0.3) is 11.8 Å². The molecule has 0 saturated carbocycles. The van der Waals surface area contributed by atoms with Gasteiger partial charge in [0.05, 0.1) is 11.6 Å². The van der Waals surface area contributed by atoms with Crippen molar-refractivity contribution in [1.29, 1.82) is 0 Å². The normalized spacial score (nSPS) is 17.2. The number of ether oxygens (including phenoxy) is 2. The lowest BCUT2D eigenvalue weighted by molar-refractivity contribution is 0.0711. The number of nitrogens with zero attached hydrogens (tertiary/aromatic N) is 3. The number of carbonyl (C=O) groups excluding carboxylic acids is 2. The first-order valence-electron chi connectivity index (χ1n) is 13.0. The van der Waals surface area contributed by atoms with Crippen LogP contribution in [-0.4, -0.2) is 59.2 Å². The van der Waals surface area contributed by atoms with Crippen LogP contribution >= 0.6 is 11.3 Å². The Morgan fingerprint density at radius 2 is 1.79 bits per heavy atom. The first-order chi connectivity index (χ1) is 19.1. The zero-order valence-electron chi connectivity index (χ0n) is 21.5. The number of hydrogen-bond acceptors (Lipinski definition) is 8. The number of aromatic nitrogens is 2. The SMILES string of the molecule is Cc1onc(-c2ccccc2)c1C(=O)N1CCC(c2nc(C(=O)NCC3COc4ccccc4O3)cs2)CC1. The molecule has 200 valence electrons. The van der Waals surface area contributed by atoms with Crippen LogP contribution in [0.5, 0.6) is 11.5 Å². The van der Waals surface area contributed by atoms with Crippen molar-refractivity contribution in [3.05, 3.63) is 82.0 Å². The second-order valence-electron chi connectivity index (χ2n) is 9.67. The van der Waals surface area contributed by atoms with Gasteiger partial charge in [0.2, 0.25) is 0 Å². The van der Waals surface area contributed by atoms with Gasteiger partial charge in [-0.2, -0.15) is 0 Å². The predicted molar refractivity (Wildman–Crippen MR) is 145 cm³/mol. The highest BCUT2D eigenvalue weighted by Crippen LogP contribution is 2.33. The topological polar surface area (TPSA) is 107 Å². The molecule has 10 heteroatoms. The zero-order valence-corrected chi connectivity index (χ0v) is 22.3. The number of piperidine rings is 1. The molecule has 4 aromatic rings. The number of thiazole rings is 1. The molecule has 2 amide bonds. The Kier molecular flexibility index (Phi) is 7.02. The average Bonchev–Trinajstić information content (AvgIpc) is 3.63. The molecule has 39 heavy (non-hydrogen) atoms. The average molecular weight is 545 g/mol. The summed E-state index contributed by atoms with van der Waals surface area (Å²) >= 11 is 1.49. The second-order valence-corrected chi connectivity index (χ2v) is 10.6. The third-order valence-electron chi connectivity index (χ3n) is 7.07. The standard InChI is InChI=1S/C29H28N4O5S/c1-18-25(26(32-38-18)19-7-3-2-4-8-19)29(35)33-13-11-20(12-14-33)28-31-22(17-39-28)27(34)30-15-21-16-36-23-9-5-6-10-24(23)37-21/h2-10,17,20-21H,11-16H2,1H3,(H,30,34). The largest absolute Gasteiger partial charge is 0.486 e. The Labute approximate surface area is 229 Å². The Balaban J connectivity index is 1.03. The van der Waals surface area contributed by atoms with E-state index in [-0.39, 0.29) is 23.8 Å². The molecule has 2 aromatic carbocycles. The van der Waals surface area contributed by atoms with Gasteiger partial charge in [-0.15, -0.1) is 11.3 Å². The summed E-state index contributed by atoms with van der Waals surface area (Å²) in [6, 6.07) is 17.1. The van der Waals surface area contributed by atoms with E-state index in [0.29, 0.717) is 60.5 Å².